The molecule has 2 heterocycles. The van der Waals surface area contributed by atoms with Crippen molar-refractivity contribution in [1.82, 2.24) is 19.4 Å². The van der Waals surface area contributed by atoms with Gasteiger partial charge in [-0.2, -0.15) is 22.6 Å². The minimum absolute atomic E-state index is 0.0994. The highest BCUT2D eigenvalue weighted by Crippen LogP contribution is 2.22. The number of aromatic amines is 1. The van der Waals surface area contributed by atoms with E-state index in [4.69, 9.17) is 15.0 Å². The van der Waals surface area contributed by atoms with Crippen LogP contribution in [-0.2, 0) is 14.8 Å². The van der Waals surface area contributed by atoms with E-state index in [1.807, 2.05) is 0 Å². The second-order valence-electron chi connectivity index (χ2n) is 6.28. The molecule has 0 amide bonds. The molecule has 30 heavy (non-hydrogen) atoms. The van der Waals surface area contributed by atoms with E-state index < -0.39 is 22.2 Å². The van der Waals surface area contributed by atoms with Crippen molar-refractivity contribution in [2.24, 2.45) is 0 Å². The van der Waals surface area contributed by atoms with Crippen LogP contribution >= 0.6 is 0 Å². The standard InChI is InChI=1S/C15H20N4O3S.C2HF3O2/c20-10-9-18-5-7-19(8-6-18)23(21,22)15-3-1-13(2-4-15)14-11-16-17-12-14;3-2(4,5)1(6)7/h1-4,11-12,20H,5-10H2,(H,16,17);(H,6,7). The number of benzene rings is 1. The number of β-amino-alcohol motifs (C(OH)–C–C–N with tert-alkyl or cyclic N) is 1. The summed E-state index contributed by atoms with van der Waals surface area (Å²) < 4.78 is 58.6. The maximum atomic E-state index is 12.7. The number of nitrogens with one attached hydrogen (secondary N) is 1. The van der Waals surface area contributed by atoms with Crippen LogP contribution < -0.4 is 0 Å². The number of carbonyl (C=O) groups is 1. The lowest BCUT2D eigenvalue weighted by Crippen LogP contribution is -2.49. The van der Waals surface area contributed by atoms with Gasteiger partial charge in [-0.1, -0.05) is 12.1 Å². The fourth-order valence-electron chi connectivity index (χ4n) is 2.71. The van der Waals surface area contributed by atoms with Crippen LogP contribution in [0, 0.1) is 0 Å². The second kappa shape index (κ2) is 10.0. The first-order valence-electron chi connectivity index (χ1n) is 8.78. The van der Waals surface area contributed by atoms with Crippen LogP contribution in [-0.4, -0.2) is 89.5 Å². The summed E-state index contributed by atoms with van der Waals surface area (Å²) in [6, 6.07) is 6.86. The number of H-pyrrole nitrogens is 1. The van der Waals surface area contributed by atoms with Crippen molar-refractivity contribution in [2.45, 2.75) is 11.1 Å². The molecule has 1 aromatic heterocycles. The zero-order chi connectivity index (χ0) is 22.4. The zero-order valence-electron chi connectivity index (χ0n) is 15.7. The van der Waals surface area contributed by atoms with Crippen molar-refractivity contribution in [2.75, 3.05) is 39.3 Å². The lowest BCUT2D eigenvalue weighted by atomic mass is 10.1. The number of sulfonamides is 1. The number of carboxylic acid groups (broad SMARTS) is 1. The summed E-state index contributed by atoms with van der Waals surface area (Å²) in [7, 11) is -3.47. The van der Waals surface area contributed by atoms with E-state index >= 15 is 0 Å². The van der Waals surface area contributed by atoms with Gasteiger partial charge in [-0.3, -0.25) is 10.00 Å². The quantitative estimate of drug-likeness (QED) is 0.621. The first-order chi connectivity index (χ1) is 14.1. The van der Waals surface area contributed by atoms with E-state index in [0.29, 0.717) is 37.6 Å². The number of piperazine rings is 1. The predicted molar refractivity (Wildman–Crippen MR) is 100.0 cm³/mol. The minimum atomic E-state index is -5.08. The molecule has 3 rings (SSSR count). The molecule has 0 aliphatic carbocycles. The molecule has 0 spiro atoms. The van der Waals surface area contributed by atoms with Gasteiger partial charge in [-0.15, -0.1) is 0 Å². The lowest BCUT2D eigenvalue weighted by molar-refractivity contribution is -0.192. The van der Waals surface area contributed by atoms with Gasteiger partial charge in [0.05, 0.1) is 17.7 Å². The number of aliphatic hydroxyl groups is 1. The average molecular weight is 450 g/mol. The van der Waals surface area contributed by atoms with Crippen molar-refractivity contribution < 1.29 is 36.6 Å². The summed E-state index contributed by atoms with van der Waals surface area (Å²) in [5.74, 6) is -2.76. The topological polar surface area (TPSA) is 127 Å². The van der Waals surface area contributed by atoms with Crippen molar-refractivity contribution in [1.29, 1.82) is 0 Å². The van der Waals surface area contributed by atoms with Gasteiger partial charge >= 0.3 is 12.1 Å². The fourth-order valence-corrected chi connectivity index (χ4v) is 4.13. The molecule has 3 N–H and O–H groups in total. The molecule has 0 unspecified atom stereocenters. The molecule has 1 aliphatic heterocycles. The molecule has 13 heteroatoms. The molecular weight excluding hydrogens is 429 g/mol. The Kier molecular flexibility index (Phi) is 7.95. The van der Waals surface area contributed by atoms with Crippen LogP contribution in [0.4, 0.5) is 13.2 Å². The van der Waals surface area contributed by atoms with E-state index in [2.05, 4.69) is 15.1 Å². The largest absolute Gasteiger partial charge is 0.490 e. The van der Waals surface area contributed by atoms with E-state index in [9.17, 15) is 21.6 Å². The van der Waals surface area contributed by atoms with Crippen molar-refractivity contribution in [3.05, 3.63) is 36.7 Å². The SMILES string of the molecule is O=C(O)C(F)(F)F.O=S(=O)(c1ccc(-c2cn[nH]c2)cc1)N1CCN(CCO)CC1. The monoisotopic (exact) mass is 450 g/mol. The van der Waals surface area contributed by atoms with Gasteiger partial charge in [0.2, 0.25) is 10.0 Å². The highest BCUT2D eigenvalue weighted by molar-refractivity contribution is 7.89. The van der Waals surface area contributed by atoms with E-state index in [0.717, 1.165) is 11.1 Å². The zero-order valence-corrected chi connectivity index (χ0v) is 16.5. The summed E-state index contributed by atoms with van der Waals surface area (Å²) >= 11 is 0. The Hall–Kier alpha value is -2.48. The van der Waals surface area contributed by atoms with Crippen LogP contribution in [0.1, 0.15) is 0 Å². The Morgan fingerprint density at radius 2 is 1.67 bits per heavy atom. The Bertz CT molecular complexity index is 910. The van der Waals surface area contributed by atoms with E-state index in [1.165, 1.54) is 4.31 Å². The fraction of sp³-hybridized carbons (Fsp3) is 0.412. The van der Waals surface area contributed by atoms with Crippen LogP contribution in [0.3, 0.4) is 0 Å². The third kappa shape index (κ3) is 6.26. The Balaban J connectivity index is 0.000000396. The summed E-state index contributed by atoms with van der Waals surface area (Å²) in [5, 5.41) is 22.7. The van der Waals surface area contributed by atoms with Crippen molar-refractivity contribution in [3.8, 4) is 11.1 Å². The number of aromatic nitrogens is 2. The smallest absolute Gasteiger partial charge is 0.475 e. The first kappa shape index (κ1) is 23.8. The van der Waals surface area contributed by atoms with Crippen molar-refractivity contribution >= 4 is 16.0 Å². The maximum absolute atomic E-state index is 12.7. The summed E-state index contributed by atoms with van der Waals surface area (Å²) in [6.07, 6.45) is -1.62. The minimum Gasteiger partial charge on any atom is -0.475 e. The van der Waals surface area contributed by atoms with Crippen LogP contribution in [0.25, 0.3) is 11.1 Å². The molecule has 0 radical (unpaired) electrons. The van der Waals surface area contributed by atoms with Crippen LogP contribution in [0.15, 0.2) is 41.6 Å². The molecule has 0 atom stereocenters. The number of nitrogens with zero attached hydrogens (tertiary/aromatic N) is 3. The molecule has 1 saturated heterocycles. The average Bonchev–Trinajstić information content (AvgIpc) is 3.23. The Morgan fingerprint density at radius 1 is 1.10 bits per heavy atom. The molecule has 9 nitrogen and oxygen atoms in total. The lowest BCUT2D eigenvalue weighted by Gasteiger charge is -2.33. The van der Waals surface area contributed by atoms with Crippen LogP contribution in [0.2, 0.25) is 0 Å². The van der Waals surface area contributed by atoms with E-state index in [-0.39, 0.29) is 6.61 Å². The van der Waals surface area contributed by atoms with Gasteiger partial charge < -0.3 is 10.2 Å². The summed E-state index contributed by atoms with van der Waals surface area (Å²) in [4.78, 5) is 11.3. The molecule has 166 valence electrons. The Labute approximate surface area is 170 Å². The predicted octanol–water partition coefficient (Wildman–Crippen LogP) is 1.01. The van der Waals surface area contributed by atoms with Gasteiger partial charge in [0, 0.05) is 44.5 Å². The highest BCUT2D eigenvalue weighted by atomic mass is 32.2. The summed E-state index contributed by atoms with van der Waals surface area (Å²) in [5.41, 5.74) is 1.84. The van der Waals surface area contributed by atoms with E-state index in [1.54, 1.807) is 36.7 Å². The van der Waals surface area contributed by atoms with Crippen molar-refractivity contribution in [3.63, 3.8) is 0 Å². The molecule has 1 fully saturated rings. The number of hydrogen-bond donors (Lipinski definition) is 3. The van der Waals surface area contributed by atoms with Gasteiger partial charge in [0.1, 0.15) is 0 Å². The Morgan fingerprint density at radius 3 is 2.10 bits per heavy atom. The van der Waals surface area contributed by atoms with Gasteiger partial charge in [0.25, 0.3) is 0 Å². The molecular formula is C17H21F3N4O5S. The third-order valence-electron chi connectivity index (χ3n) is 4.31. The molecule has 1 aromatic carbocycles. The number of carboxylic acids is 1. The molecule has 0 saturated carbocycles. The van der Waals surface area contributed by atoms with Crippen LogP contribution in [0.5, 0.6) is 0 Å². The van der Waals surface area contributed by atoms with Gasteiger partial charge in [-0.05, 0) is 17.7 Å². The number of hydrogen-bond acceptors (Lipinski definition) is 6. The van der Waals surface area contributed by atoms with Gasteiger partial charge in [-0.25, -0.2) is 13.2 Å². The normalized spacial score (nSPS) is 16.0. The number of aliphatic hydroxyl groups excluding tert-OH is 1. The molecule has 0 bridgehead atoms. The summed E-state index contributed by atoms with van der Waals surface area (Å²) in [6.45, 7) is 2.88. The highest BCUT2D eigenvalue weighted by Gasteiger charge is 2.38. The number of rotatable bonds is 5. The molecule has 2 aromatic rings. The third-order valence-corrected chi connectivity index (χ3v) is 6.23. The molecule has 1 aliphatic rings. The number of aliphatic carboxylic acids is 1. The van der Waals surface area contributed by atoms with Gasteiger partial charge in [0.15, 0.2) is 0 Å². The number of alkyl halides is 3. The first-order valence-corrected chi connectivity index (χ1v) is 10.2. The maximum Gasteiger partial charge on any atom is 0.490 e. The second-order valence-corrected chi connectivity index (χ2v) is 8.22. The number of halogens is 3.